The van der Waals surface area contributed by atoms with Crippen LogP contribution in [0.15, 0.2) is 48.2 Å². The maximum absolute atomic E-state index is 5.57. The zero-order chi connectivity index (χ0) is 19.8. The van der Waals surface area contributed by atoms with Gasteiger partial charge in [-0.1, -0.05) is 36.3 Å². The summed E-state index contributed by atoms with van der Waals surface area (Å²) >= 11 is 0. The fourth-order valence-electron chi connectivity index (χ4n) is 4.18. The van der Waals surface area contributed by atoms with Gasteiger partial charge in [-0.3, -0.25) is 0 Å². The first-order chi connectivity index (χ1) is 14.2. The predicted octanol–water partition coefficient (Wildman–Crippen LogP) is 4.43. The van der Waals surface area contributed by atoms with Gasteiger partial charge in [-0.15, -0.1) is 0 Å². The summed E-state index contributed by atoms with van der Waals surface area (Å²) in [5.74, 6) is 0.873. The summed E-state index contributed by atoms with van der Waals surface area (Å²) in [7, 11) is 0. The number of hydrogen-bond donors (Lipinski definition) is 0. The summed E-state index contributed by atoms with van der Waals surface area (Å²) in [6.07, 6.45) is 6.33. The van der Waals surface area contributed by atoms with Gasteiger partial charge in [0.1, 0.15) is 0 Å². The molecule has 2 aliphatic rings. The van der Waals surface area contributed by atoms with Crippen molar-refractivity contribution in [2.75, 3.05) is 31.2 Å². The third kappa shape index (κ3) is 3.47. The monoisotopic (exact) mass is 386 g/mol. The molecule has 0 bridgehead atoms. The van der Waals surface area contributed by atoms with E-state index in [1.54, 1.807) is 0 Å². The van der Waals surface area contributed by atoms with Crippen LogP contribution in [0, 0.1) is 6.92 Å². The lowest BCUT2D eigenvalue weighted by molar-refractivity contribution is 0.122. The zero-order valence-electron chi connectivity index (χ0n) is 17.1. The van der Waals surface area contributed by atoms with E-state index < -0.39 is 0 Å². The van der Waals surface area contributed by atoms with Crippen LogP contribution >= 0.6 is 0 Å². The molecule has 0 saturated carbocycles. The largest absolute Gasteiger partial charge is 0.378 e. The molecule has 0 atom stereocenters. The van der Waals surface area contributed by atoms with Crippen molar-refractivity contribution in [2.24, 2.45) is 0 Å². The highest BCUT2D eigenvalue weighted by atomic mass is 16.5. The smallest absolute Gasteiger partial charge is 0.156 e. The lowest BCUT2D eigenvalue weighted by Gasteiger charge is -2.31. The minimum atomic E-state index is 0.778. The van der Waals surface area contributed by atoms with E-state index in [4.69, 9.17) is 14.8 Å². The van der Waals surface area contributed by atoms with Crippen LogP contribution in [0.2, 0.25) is 0 Å². The second-order valence-corrected chi connectivity index (χ2v) is 7.81. The molecule has 3 aromatic rings. The van der Waals surface area contributed by atoms with E-state index in [1.165, 1.54) is 22.4 Å². The average Bonchev–Trinajstić information content (AvgIpc) is 3.41. The number of rotatable bonds is 4. The number of hydrogen-bond acceptors (Lipinski definition) is 4. The van der Waals surface area contributed by atoms with Crippen LogP contribution < -0.4 is 4.90 Å². The number of aromatic nitrogens is 3. The molecule has 0 spiro atoms. The highest BCUT2D eigenvalue weighted by Crippen LogP contribution is 2.35. The van der Waals surface area contributed by atoms with Crippen LogP contribution in [0.3, 0.4) is 0 Å². The summed E-state index contributed by atoms with van der Waals surface area (Å²) < 4.78 is 7.47. The van der Waals surface area contributed by atoms with Crippen LogP contribution in [-0.4, -0.2) is 41.1 Å². The number of morpholine rings is 1. The second kappa shape index (κ2) is 7.48. The van der Waals surface area contributed by atoms with Gasteiger partial charge in [0.2, 0.25) is 0 Å². The molecule has 3 heterocycles. The number of pyridine rings is 1. The van der Waals surface area contributed by atoms with Crippen LogP contribution in [-0.2, 0) is 11.2 Å². The van der Waals surface area contributed by atoms with Crippen molar-refractivity contribution >= 4 is 11.8 Å². The van der Waals surface area contributed by atoms with Gasteiger partial charge >= 0.3 is 0 Å². The number of anilines is 1. The van der Waals surface area contributed by atoms with Crippen molar-refractivity contribution in [3.8, 4) is 17.1 Å². The van der Waals surface area contributed by atoms with E-state index in [9.17, 15) is 0 Å². The maximum Gasteiger partial charge on any atom is 0.156 e. The Morgan fingerprint density at radius 3 is 2.76 bits per heavy atom. The normalized spacial score (nSPS) is 16.1. The molecule has 0 unspecified atom stereocenters. The molecule has 29 heavy (non-hydrogen) atoms. The number of benzene rings is 1. The Hall–Kier alpha value is -2.92. The fraction of sp³-hybridized carbons (Fsp3) is 0.333. The van der Waals surface area contributed by atoms with Gasteiger partial charge in [-0.25, -0.2) is 9.67 Å². The molecule has 1 aliphatic carbocycles. The standard InChI is InChI=1S/C24H26N4O/c1-3-18-14-20-22(15-18)25-24(16-23(20)27-9-11-29-12-10-27)28-8-7-21(26-28)19-6-4-5-17(2)13-19/h4-8,13,15-16H,3,9-12,14H2,1-2H3. The summed E-state index contributed by atoms with van der Waals surface area (Å²) in [6.45, 7) is 7.72. The van der Waals surface area contributed by atoms with E-state index >= 15 is 0 Å². The van der Waals surface area contributed by atoms with E-state index in [2.05, 4.69) is 61.2 Å². The third-order valence-corrected chi connectivity index (χ3v) is 5.81. The van der Waals surface area contributed by atoms with Gasteiger partial charge in [0.05, 0.1) is 24.6 Å². The van der Waals surface area contributed by atoms with Gasteiger partial charge < -0.3 is 9.64 Å². The van der Waals surface area contributed by atoms with Crippen LogP contribution in [0.1, 0.15) is 30.2 Å². The second-order valence-electron chi connectivity index (χ2n) is 7.81. The van der Waals surface area contributed by atoms with Crippen LogP contribution in [0.25, 0.3) is 23.2 Å². The molecule has 1 saturated heterocycles. The Kier molecular flexibility index (Phi) is 4.68. The molecule has 5 rings (SSSR count). The predicted molar refractivity (Wildman–Crippen MR) is 117 cm³/mol. The average molecular weight is 386 g/mol. The Morgan fingerprint density at radius 1 is 1.10 bits per heavy atom. The van der Waals surface area contributed by atoms with Crippen molar-refractivity contribution in [2.45, 2.75) is 26.7 Å². The van der Waals surface area contributed by atoms with Crippen LogP contribution in [0.5, 0.6) is 0 Å². The molecule has 5 nitrogen and oxygen atoms in total. The van der Waals surface area contributed by atoms with Crippen molar-refractivity contribution in [3.63, 3.8) is 0 Å². The molecular weight excluding hydrogens is 360 g/mol. The molecule has 5 heteroatoms. The third-order valence-electron chi connectivity index (χ3n) is 5.81. The minimum Gasteiger partial charge on any atom is -0.378 e. The molecule has 1 fully saturated rings. The SMILES string of the molecule is CCC1=Cc2nc(-n3ccc(-c4cccc(C)c4)n3)cc(N3CCOCC3)c2C1. The summed E-state index contributed by atoms with van der Waals surface area (Å²) in [5.41, 5.74) is 8.49. The van der Waals surface area contributed by atoms with E-state index in [0.717, 1.165) is 61.9 Å². The maximum atomic E-state index is 5.57. The Balaban J connectivity index is 1.56. The van der Waals surface area contributed by atoms with E-state index in [1.807, 2.05) is 10.9 Å². The summed E-state index contributed by atoms with van der Waals surface area (Å²) in [6, 6.07) is 12.7. The van der Waals surface area contributed by atoms with Gasteiger partial charge in [-0.05, 0) is 38.0 Å². The van der Waals surface area contributed by atoms with Crippen molar-refractivity contribution in [1.29, 1.82) is 0 Å². The van der Waals surface area contributed by atoms with Gasteiger partial charge in [0.15, 0.2) is 5.82 Å². The highest BCUT2D eigenvalue weighted by molar-refractivity contribution is 5.72. The number of ether oxygens (including phenoxy) is 1. The van der Waals surface area contributed by atoms with Crippen molar-refractivity contribution < 1.29 is 4.74 Å². The number of fused-ring (bicyclic) bond motifs is 1. The van der Waals surface area contributed by atoms with Gasteiger partial charge in [-0.2, -0.15) is 5.10 Å². The molecule has 0 N–H and O–H groups in total. The molecule has 1 aliphatic heterocycles. The Morgan fingerprint density at radius 2 is 1.97 bits per heavy atom. The number of allylic oxidation sites excluding steroid dienone is 1. The first-order valence-corrected chi connectivity index (χ1v) is 10.4. The van der Waals surface area contributed by atoms with Gasteiger partial charge in [0, 0.05) is 42.2 Å². The van der Waals surface area contributed by atoms with Crippen molar-refractivity contribution in [3.05, 3.63) is 65.0 Å². The van der Waals surface area contributed by atoms with Crippen LogP contribution in [0.4, 0.5) is 5.69 Å². The minimum absolute atomic E-state index is 0.778. The lowest BCUT2D eigenvalue weighted by Crippen LogP contribution is -2.37. The molecule has 0 radical (unpaired) electrons. The quantitative estimate of drug-likeness (QED) is 0.665. The highest BCUT2D eigenvalue weighted by Gasteiger charge is 2.23. The first kappa shape index (κ1) is 18.1. The number of aryl methyl sites for hydroxylation is 1. The first-order valence-electron chi connectivity index (χ1n) is 10.4. The number of nitrogens with zero attached hydrogens (tertiary/aromatic N) is 4. The molecule has 0 amide bonds. The van der Waals surface area contributed by atoms with Gasteiger partial charge in [0.25, 0.3) is 0 Å². The molecule has 1 aromatic carbocycles. The Labute approximate surface area is 171 Å². The fourth-order valence-corrected chi connectivity index (χ4v) is 4.18. The zero-order valence-corrected chi connectivity index (χ0v) is 17.1. The topological polar surface area (TPSA) is 43.2 Å². The summed E-state index contributed by atoms with van der Waals surface area (Å²) in [4.78, 5) is 7.40. The molecule has 2 aromatic heterocycles. The van der Waals surface area contributed by atoms with E-state index in [0.29, 0.717) is 0 Å². The summed E-state index contributed by atoms with van der Waals surface area (Å²) in [5, 5.41) is 4.83. The Bertz CT molecular complexity index is 1080. The van der Waals surface area contributed by atoms with Crippen molar-refractivity contribution in [1.82, 2.24) is 14.8 Å². The molecular formula is C24H26N4O. The van der Waals surface area contributed by atoms with E-state index in [-0.39, 0.29) is 0 Å². The molecule has 148 valence electrons. The lowest BCUT2D eigenvalue weighted by atomic mass is 10.1.